The number of likely N-dealkylation sites (N-methyl/N-ethyl adjacent to an activating group) is 2. The van der Waals surface area contributed by atoms with Crippen molar-refractivity contribution < 1.29 is 9.53 Å². The normalized spacial score (nSPS) is 14.4. The summed E-state index contributed by atoms with van der Waals surface area (Å²) in [4.78, 5) is 19.2. The molecule has 0 bridgehead atoms. The van der Waals surface area contributed by atoms with E-state index in [4.69, 9.17) is 4.74 Å². The summed E-state index contributed by atoms with van der Waals surface area (Å²) in [5.41, 5.74) is 1.01. The van der Waals surface area contributed by atoms with E-state index in [-0.39, 0.29) is 12.1 Å². The molecule has 0 aliphatic rings. The van der Waals surface area contributed by atoms with Crippen molar-refractivity contribution in [1.29, 1.82) is 0 Å². The van der Waals surface area contributed by atoms with Gasteiger partial charge in [-0.1, -0.05) is 57.0 Å². The molecule has 0 fully saturated rings. The maximum atomic E-state index is 12.7. The monoisotopic (exact) mass is 448 g/mol. The predicted molar refractivity (Wildman–Crippen MR) is 135 cm³/mol. The Morgan fingerprint density at radius 2 is 1.78 bits per heavy atom. The molecule has 6 heteroatoms. The topological polar surface area (TPSA) is 48.0 Å². The summed E-state index contributed by atoms with van der Waals surface area (Å²) in [5, 5.41) is 3.73. The molecule has 0 aliphatic heterocycles. The number of ether oxygens (including phenoxy) is 1. The van der Waals surface area contributed by atoms with Crippen molar-refractivity contribution in [2.24, 2.45) is 0 Å². The number of carbonyl (C=O) groups is 1. The van der Waals surface area contributed by atoms with Crippen LogP contribution in [0.5, 0.6) is 0 Å². The number of rotatable bonds is 16. The maximum Gasteiger partial charge on any atom is 0.410 e. The molecule has 3 atom stereocenters. The van der Waals surface area contributed by atoms with Crippen molar-refractivity contribution in [3.05, 3.63) is 35.9 Å². The second kappa shape index (κ2) is 16.1. The van der Waals surface area contributed by atoms with Gasteiger partial charge in [0.25, 0.3) is 0 Å². The molecule has 1 aromatic carbocycles. The molecule has 0 heterocycles. The van der Waals surface area contributed by atoms with Crippen molar-refractivity contribution in [3.63, 3.8) is 0 Å². The molecule has 0 saturated carbocycles. The van der Waals surface area contributed by atoms with E-state index in [1.165, 1.54) is 0 Å². The van der Waals surface area contributed by atoms with Crippen LogP contribution in [0.1, 0.15) is 58.4 Å². The fraction of sp³-hybridized carbons (Fsp3) is 0.731. The number of carbonyl (C=O) groups excluding carboxylic acids is 1. The van der Waals surface area contributed by atoms with Crippen LogP contribution >= 0.6 is 0 Å². The van der Waals surface area contributed by atoms with Crippen molar-refractivity contribution >= 4 is 6.09 Å². The number of hydrogen-bond donors (Lipinski definition) is 1. The van der Waals surface area contributed by atoms with Gasteiger partial charge in [-0.25, -0.2) is 4.79 Å². The van der Waals surface area contributed by atoms with E-state index in [1.54, 1.807) is 0 Å². The minimum Gasteiger partial charge on any atom is -0.445 e. The summed E-state index contributed by atoms with van der Waals surface area (Å²) >= 11 is 0. The number of nitrogens with zero attached hydrogens (tertiary/aromatic N) is 3. The second-order valence-electron chi connectivity index (χ2n) is 9.32. The van der Waals surface area contributed by atoms with Gasteiger partial charge in [-0.2, -0.15) is 0 Å². The largest absolute Gasteiger partial charge is 0.445 e. The van der Waals surface area contributed by atoms with E-state index in [0.717, 1.165) is 57.3 Å². The zero-order chi connectivity index (χ0) is 23.9. The van der Waals surface area contributed by atoms with Crippen molar-refractivity contribution in [2.45, 2.75) is 77.6 Å². The Hall–Kier alpha value is -1.63. The Kier molecular flexibility index (Phi) is 14.3. The molecule has 6 nitrogen and oxygen atoms in total. The first-order valence-electron chi connectivity index (χ1n) is 12.3. The van der Waals surface area contributed by atoms with Gasteiger partial charge in [0.2, 0.25) is 0 Å². The third-order valence-electron chi connectivity index (χ3n) is 6.37. The molecular weight excluding hydrogens is 400 g/mol. The molecule has 0 spiro atoms. The molecule has 1 amide bonds. The molecule has 0 aliphatic carbocycles. The first kappa shape index (κ1) is 28.4. The third kappa shape index (κ3) is 11.3. The van der Waals surface area contributed by atoms with Gasteiger partial charge in [0.05, 0.1) is 0 Å². The van der Waals surface area contributed by atoms with E-state index >= 15 is 0 Å². The maximum absolute atomic E-state index is 12.7. The minimum absolute atomic E-state index is 0.183. The van der Waals surface area contributed by atoms with Crippen LogP contribution in [0.15, 0.2) is 30.3 Å². The third-order valence-corrected chi connectivity index (χ3v) is 6.37. The van der Waals surface area contributed by atoms with Crippen molar-refractivity contribution in [2.75, 3.05) is 47.8 Å². The summed E-state index contributed by atoms with van der Waals surface area (Å²) in [6.07, 6.45) is 5.01. The Morgan fingerprint density at radius 3 is 2.38 bits per heavy atom. The number of nitrogens with one attached hydrogen (secondary N) is 1. The summed E-state index contributed by atoms with van der Waals surface area (Å²) < 4.78 is 5.59. The molecule has 0 saturated heterocycles. The quantitative estimate of drug-likeness (QED) is 0.405. The number of benzene rings is 1. The van der Waals surface area contributed by atoms with Gasteiger partial charge in [-0.05, 0) is 52.9 Å². The summed E-state index contributed by atoms with van der Waals surface area (Å²) in [6, 6.07) is 11.0. The Labute approximate surface area is 197 Å². The number of amides is 1. The number of hydrogen-bond acceptors (Lipinski definition) is 5. The zero-order valence-electron chi connectivity index (χ0n) is 21.6. The predicted octanol–water partition coefficient (Wildman–Crippen LogP) is 4.45. The number of unbranched alkanes of at least 4 members (excludes halogenated alkanes) is 1. The van der Waals surface area contributed by atoms with Crippen LogP contribution in [-0.4, -0.2) is 86.7 Å². The lowest BCUT2D eigenvalue weighted by Crippen LogP contribution is -2.44. The molecule has 0 aromatic heterocycles. The SMILES string of the molecule is CCCCC(CC(CC)NCCN(C)CC(C)N(C)C)N(C)C(=O)OCc1ccccc1. The van der Waals surface area contributed by atoms with Gasteiger partial charge in [0.15, 0.2) is 0 Å². The van der Waals surface area contributed by atoms with Crippen LogP contribution in [0.2, 0.25) is 0 Å². The van der Waals surface area contributed by atoms with Gasteiger partial charge < -0.3 is 24.8 Å². The van der Waals surface area contributed by atoms with Crippen molar-refractivity contribution in [1.82, 2.24) is 20.0 Å². The van der Waals surface area contributed by atoms with E-state index in [2.05, 4.69) is 57.0 Å². The second-order valence-corrected chi connectivity index (χ2v) is 9.32. The van der Waals surface area contributed by atoms with E-state index < -0.39 is 0 Å². The first-order valence-corrected chi connectivity index (χ1v) is 12.3. The van der Waals surface area contributed by atoms with Gasteiger partial charge in [-0.15, -0.1) is 0 Å². The van der Waals surface area contributed by atoms with E-state index in [1.807, 2.05) is 42.3 Å². The lowest BCUT2D eigenvalue weighted by molar-refractivity contribution is 0.0847. The van der Waals surface area contributed by atoms with Crippen LogP contribution in [0.3, 0.4) is 0 Å². The van der Waals surface area contributed by atoms with Gasteiger partial charge in [0.1, 0.15) is 6.61 Å². The average molecular weight is 449 g/mol. The fourth-order valence-corrected chi connectivity index (χ4v) is 3.77. The van der Waals surface area contributed by atoms with Gasteiger partial charge >= 0.3 is 6.09 Å². The van der Waals surface area contributed by atoms with Gasteiger partial charge in [0, 0.05) is 44.8 Å². The van der Waals surface area contributed by atoms with Crippen LogP contribution < -0.4 is 5.32 Å². The molecule has 0 radical (unpaired) electrons. The first-order chi connectivity index (χ1) is 15.3. The summed E-state index contributed by atoms with van der Waals surface area (Å²) in [7, 11) is 8.32. The zero-order valence-corrected chi connectivity index (χ0v) is 21.6. The Morgan fingerprint density at radius 1 is 1.09 bits per heavy atom. The Balaban J connectivity index is 2.55. The molecule has 1 rings (SSSR count). The Bertz CT molecular complexity index is 611. The smallest absolute Gasteiger partial charge is 0.410 e. The molecule has 1 N–H and O–H groups in total. The van der Waals surface area contributed by atoms with Gasteiger partial charge in [-0.3, -0.25) is 0 Å². The van der Waals surface area contributed by atoms with Crippen LogP contribution in [0.25, 0.3) is 0 Å². The van der Waals surface area contributed by atoms with Crippen molar-refractivity contribution in [3.8, 4) is 0 Å². The molecule has 184 valence electrons. The minimum atomic E-state index is -0.234. The highest BCUT2D eigenvalue weighted by molar-refractivity contribution is 5.67. The molecular formula is C26H48N4O2. The fourth-order valence-electron chi connectivity index (χ4n) is 3.77. The average Bonchev–Trinajstić information content (AvgIpc) is 2.79. The lowest BCUT2D eigenvalue weighted by Gasteiger charge is -2.31. The highest BCUT2D eigenvalue weighted by Crippen LogP contribution is 2.17. The van der Waals surface area contributed by atoms with E-state index in [9.17, 15) is 4.79 Å². The lowest BCUT2D eigenvalue weighted by atomic mass is 9.99. The highest BCUT2D eigenvalue weighted by atomic mass is 16.6. The summed E-state index contributed by atoms with van der Waals surface area (Å²) in [5.74, 6) is 0. The highest BCUT2D eigenvalue weighted by Gasteiger charge is 2.24. The van der Waals surface area contributed by atoms with Crippen LogP contribution in [0, 0.1) is 0 Å². The van der Waals surface area contributed by atoms with E-state index in [0.29, 0.717) is 18.7 Å². The molecule has 1 aromatic rings. The standard InChI is InChI=1S/C26H48N4O2/c1-8-10-16-25(30(7)26(31)32-21-23-14-12-11-13-15-23)19-24(9-2)27-17-18-29(6)20-22(3)28(4)5/h11-15,22,24-25,27H,8-10,16-21H2,1-7H3. The molecule has 3 unspecified atom stereocenters. The van der Waals surface area contributed by atoms with Crippen LogP contribution in [0.4, 0.5) is 4.79 Å². The van der Waals surface area contributed by atoms with Crippen LogP contribution in [-0.2, 0) is 11.3 Å². The summed E-state index contributed by atoms with van der Waals surface area (Å²) in [6.45, 7) is 10.0. The molecule has 32 heavy (non-hydrogen) atoms.